The third kappa shape index (κ3) is 2.19. The van der Waals surface area contributed by atoms with E-state index in [9.17, 15) is 13.6 Å². The molecule has 0 spiro atoms. The molecular formula is C11H12F2N2O. The van der Waals surface area contributed by atoms with E-state index in [4.69, 9.17) is 0 Å². The summed E-state index contributed by atoms with van der Waals surface area (Å²) in [7, 11) is 0. The summed E-state index contributed by atoms with van der Waals surface area (Å²) in [4.78, 5) is 11.6. The highest BCUT2D eigenvalue weighted by molar-refractivity contribution is 5.94. The van der Waals surface area contributed by atoms with E-state index in [2.05, 4.69) is 10.6 Å². The molecule has 0 bridgehead atoms. The van der Waals surface area contributed by atoms with Crippen LogP contribution in [0.3, 0.4) is 0 Å². The lowest BCUT2D eigenvalue weighted by atomic mass is 10.1. The number of hydrogen-bond donors (Lipinski definition) is 2. The van der Waals surface area contributed by atoms with Gasteiger partial charge in [-0.15, -0.1) is 0 Å². The molecule has 86 valence electrons. The van der Waals surface area contributed by atoms with Gasteiger partial charge in [0.25, 0.3) is 5.91 Å². The Labute approximate surface area is 91.8 Å². The van der Waals surface area contributed by atoms with E-state index in [1.54, 1.807) is 0 Å². The van der Waals surface area contributed by atoms with E-state index in [0.29, 0.717) is 6.54 Å². The molecule has 0 saturated carbocycles. The van der Waals surface area contributed by atoms with Gasteiger partial charge in [-0.2, -0.15) is 0 Å². The van der Waals surface area contributed by atoms with Crippen LogP contribution in [-0.2, 0) is 0 Å². The average Bonchev–Trinajstić information content (AvgIpc) is 2.70. The summed E-state index contributed by atoms with van der Waals surface area (Å²) in [6, 6.07) is 3.33. The van der Waals surface area contributed by atoms with Gasteiger partial charge in [0.1, 0.15) is 17.2 Å². The molecule has 1 heterocycles. The first-order valence-corrected chi connectivity index (χ1v) is 5.14. The topological polar surface area (TPSA) is 41.1 Å². The molecule has 1 fully saturated rings. The van der Waals surface area contributed by atoms with Crippen LogP contribution < -0.4 is 10.6 Å². The fourth-order valence-electron chi connectivity index (χ4n) is 1.75. The number of benzene rings is 1. The first-order chi connectivity index (χ1) is 7.68. The third-order valence-electron chi connectivity index (χ3n) is 2.59. The van der Waals surface area contributed by atoms with E-state index < -0.39 is 23.1 Å². The Hall–Kier alpha value is -1.49. The summed E-state index contributed by atoms with van der Waals surface area (Å²) >= 11 is 0. The highest BCUT2D eigenvalue weighted by Gasteiger charge is 2.21. The van der Waals surface area contributed by atoms with Crippen molar-refractivity contribution in [2.24, 2.45) is 0 Å². The quantitative estimate of drug-likeness (QED) is 0.791. The van der Waals surface area contributed by atoms with Crippen molar-refractivity contribution in [3.63, 3.8) is 0 Å². The minimum Gasteiger partial charge on any atom is -0.348 e. The average molecular weight is 226 g/mol. The Bertz CT molecular complexity index is 383. The number of halogens is 2. The molecule has 1 aliphatic rings. The summed E-state index contributed by atoms with van der Waals surface area (Å²) in [5.41, 5.74) is -0.505. The van der Waals surface area contributed by atoms with Gasteiger partial charge < -0.3 is 10.6 Å². The smallest absolute Gasteiger partial charge is 0.257 e. The molecule has 1 aliphatic heterocycles. The molecule has 1 unspecified atom stereocenters. The summed E-state index contributed by atoms with van der Waals surface area (Å²) < 4.78 is 26.5. The second-order valence-corrected chi connectivity index (χ2v) is 3.76. The molecule has 3 nitrogen and oxygen atoms in total. The normalized spacial score (nSPS) is 19.8. The second kappa shape index (κ2) is 4.57. The van der Waals surface area contributed by atoms with Crippen LogP contribution in [0.15, 0.2) is 18.2 Å². The Balaban J connectivity index is 2.13. The molecular weight excluding hydrogens is 214 g/mol. The maximum atomic E-state index is 13.3. The molecule has 1 aromatic rings. The van der Waals surface area contributed by atoms with Gasteiger partial charge in [0.2, 0.25) is 0 Å². The van der Waals surface area contributed by atoms with Gasteiger partial charge in [0.05, 0.1) is 0 Å². The van der Waals surface area contributed by atoms with Gasteiger partial charge in [0, 0.05) is 12.6 Å². The molecule has 0 radical (unpaired) electrons. The van der Waals surface area contributed by atoms with Crippen LogP contribution in [0.5, 0.6) is 0 Å². The fourth-order valence-corrected chi connectivity index (χ4v) is 1.75. The van der Waals surface area contributed by atoms with Crippen molar-refractivity contribution in [3.05, 3.63) is 35.4 Å². The lowest BCUT2D eigenvalue weighted by Gasteiger charge is -2.11. The van der Waals surface area contributed by atoms with E-state index in [1.165, 1.54) is 6.07 Å². The molecule has 0 aliphatic carbocycles. The summed E-state index contributed by atoms with van der Waals surface area (Å²) in [6.45, 7) is 1.45. The zero-order chi connectivity index (χ0) is 11.5. The molecule has 2 rings (SSSR count). The predicted molar refractivity (Wildman–Crippen MR) is 55.1 cm³/mol. The maximum Gasteiger partial charge on any atom is 0.257 e. The van der Waals surface area contributed by atoms with Crippen LogP contribution in [0.2, 0.25) is 0 Å². The third-order valence-corrected chi connectivity index (χ3v) is 2.59. The van der Waals surface area contributed by atoms with Crippen molar-refractivity contribution in [1.29, 1.82) is 0 Å². The number of amides is 1. The van der Waals surface area contributed by atoms with Crippen LogP contribution in [0, 0.1) is 11.6 Å². The zero-order valence-electron chi connectivity index (χ0n) is 8.59. The van der Waals surface area contributed by atoms with Crippen molar-refractivity contribution in [2.45, 2.75) is 12.5 Å². The van der Waals surface area contributed by atoms with Gasteiger partial charge in [-0.3, -0.25) is 4.79 Å². The molecule has 1 saturated heterocycles. The predicted octanol–water partition coefficient (Wildman–Crippen LogP) is 1.06. The van der Waals surface area contributed by atoms with E-state index >= 15 is 0 Å². The lowest BCUT2D eigenvalue weighted by Crippen LogP contribution is -2.37. The van der Waals surface area contributed by atoms with Gasteiger partial charge >= 0.3 is 0 Å². The van der Waals surface area contributed by atoms with Crippen molar-refractivity contribution < 1.29 is 13.6 Å². The summed E-state index contributed by atoms with van der Waals surface area (Å²) in [6.07, 6.45) is 0.780. The van der Waals surface area contributed by atoms with Crippen LogP contribution in [0.1, 0.15) is 16.8 Å². The monoisotopic (exact) mass is 226 g/mol. The minimum absolute atomic E-state index is 0.0495. The van der Waals surface area contributed by atoms with Gasteiger partial charge in [-0.25, -0.2) is 8.78 Å². The maximum absolute atomic E-state index is 13.3. The second-order valence-electron chi connectivity index (χ2n) is 3.76. The fraction of sp³-hybridized carbons (Fsp3) is 0.364. The van der Waals surface area contributed by atoms with Crippen LogP contribution >= 0.6 is 0 Å². The van der Waals surface area contributed by atoms with Crippen molar-refractivity contribution in [1.82, 2.24) is 10.6 Å². The molecule has 16 heavy (non-hydrogen) atoms. The minimum atomic E-state index is -0.830. The molecule has 1 amide bonds. The molecule has 2 N–H and O–H groups in total. The SMILES string of the molecule is O=C(NC1CCNC1)c1c(F)cccc1F. The van der Waals surface area contributed by atoms with Gasteiger partial charge in [-0.05, 0) is 25.1 Å². The molecule has 5 heteroatoms. The van der Waals surface area contributed by atoms with E-state index in [1.807, 2.05) is 0 Å². The van der Waals surface area contributed by atoms with Gasteiger partial charge in [0.15, 0.2) is 0 Å². The summed E-state index contributed by atoms with van der Waals surface area (Å²) in [5, 5.41) is 5.65. The van der Waals surface area contributed by atoms with Crippen LogP contribution in [-0.4, -0.2) is 25.0 Å². The largest absolute Gasteiger partial charge is 0.348 e. The van der Waals surface area contributed by atoms with Crippen LogP contribution in [0.4, 0.5) is 8.78 Å². The van der Waals surface area contributed by atoms with Crippen molar-refractivity contribution in [3.8, 4) is 0 Å². The van der Waals surface area contributed by atoms with Gasteiger partial charge in [-0.1, -0.05) is 6.07 Å². The number of nitrogens with one attached hydrogen (secondary N) is 2. The first kappa shape index (κ1) is 11.0. The van der Waals surface area contributed by atoms with Crippen LogP contribution in [0.25, 0.3) is 0 Å². The number of rotatable bonds is 2. The highest BCUT2D eigenvalue weighted by atomic mass is 19.1. The molecule has 1 aromatic carbocycles. The highest BCUT2D eigenvalue weighted by Crippen LogP contribution is 2.12. The van der Waals surface area contributed by atoms with E-state index in [-0.39, 0.29) is 6.04 Å². The number of carbonyl (C=O) groups excluding carboxylic acids is 1. The van der Waals surface area contributed by atoms with E-state index in [0.717, 1.165) is 25.1 Å². The Kier molecular flexibility index (Phi) is 3.14. The molecule has 1 atom stereocenters. The van der Waals surface area contributed by atoms with Crippen molar-refractivity contribution >= 4 is 5.91 Å². The Morgan fingerprint density at radius 1 is 1.38 bits per heavy atom. The zero-order valence-corrected chi connectivity index (χ0v) is 8.59. The Morgan fingerprint density at radius 2 is 2.06 bits per heavy atom. The number of carbonyl (C=O) groups is 1. The molecule has 0 aromatic heterocycles. The summed E-state index contributed by atoms with van der Waals surface area (Å²) in [5.74, 6) is -2.35. The number of hydrogen-bond acceptors (Lipinski definition) is 2. The van der Waals surface area contributed by atoms with Crippen molar-refractivity contribution in [2.75, 3.05) is 13.1 Å². The Morgan fingerprint density at radius 3 is 2.62 bits per heavy atom. The lowest BCUT2D eigenvalue weighted by molar-refractivity contribution is 0.0931. The first-order valence-electron chi connectivity index (χ1n) is 5.14. The standard InChI is InChI=1S/C11H12F2N2O/c12-8-2-1-3-9(13)10(8)11(16)15-7-4-5-14-6-7/h1-3,7,14H,4-6H2,(H,15,16).